The highest BCUT2D eigenvalue weighted by molar-refractivity contribution is 9.10. The molecule has 29 heavy (non-hydrogen) atoms. The Labute approximate surface area is 180 Å². The van der Waals surface area contributed by atoms with E-state index in [1.165, 1.54) is 18.9 Å². The maximum absolute atomic E-state index is 12.8. The van der Waals surface area contributed by atoms with Crippen molar-refractivity contribution in [2.24, 2.45) is 0 Å². The van der Waals surface area contributed by atoms with Crippen LogP contribution < -0.4 is 20.3 Å². The van der Waals surface area contributed by atoms with Crippen LogP contribution in [0.1, 0.15) is 6.92 Å². The van der Waals surface area contributed by atoms with Crippen molar-refractivity contribution in [3.63, 3.8) is 0 Å². The Kier molecular flexibility index (Phi) is 6.81. The summed E-state index contributed by atoms with van der Waals surface area (Å²) in [5, 5.41) is 3.87. The number of halogens is 1. The van der Waals surface area contributed by atoms with Crippen LogP contribution >= 0.6 is 27.7 Å². The number of benzene rings is 2. The lowest BCUT2D eigenvalue weighted by molar-refractivity contribution is -0.113. The zero-order valence-corrected chi connectivity index (χ0v) is 18.6. The molecule has 1 aromatic heterocycles. The maximum atomic E-state index is 12.8. The van der Waals surface area contributed by atoms with Crippen LogP contribution in [0.15, 0.2) is 50.8 Å². The van der Waals surface area contributed by atoms with Gasteiger partial charge in [-0.05, 0) is 37.3 Å². The Morgan fingerprint density at radius 3 is 2.62 bits per heavy atom. The van der Waals surface area contributed by atoms with E-state index in [4.69, 9.17) is 9.47 Å². The standard InChI is InChI=1S/C20H20BrN3O4S/c1-4-24-19(26)14-9-12(21)5-7-15(14)23-20(24)29-11-18(25)22-13-6-8-16(27-2)17(10-13)28-3/h5-10H,4,11H2,1-3H3,(H,22,25). The summed E-state index contributed by atoms with van der Waals surface area (Å²) < 4.78 is 12.8. The smallest absolute Gasteiger partial charge is 0.262 e. The SMILES string of the molecule is CCn1c(SCC(=O)Nc2ccc(OC)c(OC)c2)nc2ccc(Br)cc2c1=O. The van der Waals surface area contributed by atoms with Crippen LogP contribution in [0.4, 0.5) is 5.69 Å². The molecule has 0 atom stereocenters. The van der Waals surface area contributed by atoms with E-state index in [1.54, 1.807) is 42.0 Å². The molecule has 1 amide bonds. The highest BCUT2D eigenvalue weighted by Crippen LogP contribution is 2.30. The van der Waals surface area contributed by atoms with E-state index in [1.807, 2.05) is 13.0 Å². The number of thioether (sulfide) groups is 1. The van der Waals surface area contributed by atoms with Crippen LogP contribution in [0.3, 0.4) is 0 Å². The van der Waals surface area contributed by atoms with Crippen molar-refractivity contribution in [2.45, 2.75) is 18.6 Å². The fourth-order valence-corrected chi connectivity index (χ4v) is 4.03. The van der Waals surface area contributed by atoms with Crippen LogP contribution in [0.25, 0.3) is 10.9 Å². The first-order chi connectivity index (χ1) is 14.0. The molecule has 0 bridgehead atoms. The van der Waals surface area contributed by atoms with Crippen molar-refractivity contribution >= 4 is 50.2 Å². The molecule has 0 radical (unpaired) electrons. The van der Waals surface area contributed by atoms with E-state index in [0.717, 1.165) is 4.47 Å². The van der Waals surface area contributed by atoms with Crippen LogP contribution in [0.5, 0.6) is 11.5 Å². The first kappa shape index (κ1) is 21.2. The average Bonchev–Trinajstić information content (AvgIpc) is 2.72. The number of carbonyl (C=O) groups is 1. The minimum atomic E-state index is -0.213. The van der Waals surface area contributed by atoms with Gasteiger partial charge in [-0.15, -0.1) is 0 Å². The van der Waals surface area contributed by atoms with Gasteiger partial charge in [0.15, 0.2) is 16.7 Å². The second-order valence-corrected chi connectivity index (χ2v) is 7.87. The van der Waals surface area contributed by atoms with Crippen molar-refractivity contribution in [1.82, 2.24) is 9.55 Å². The summed E-state index contributed by atoms with van der Waals surface area (Å²) >= 11 is 4.60. The number of fused-ring (bicyclic) bond motifs is 1. The molecule has 1 heterocycles. The van der Waals surface area contributed by atoms with Crippen LogP contribution in [0, 0.1) is 0 Å². The molecule has 0 spiro atoms. The molecular weight excluding hydrogens is 458 g/mol. The molecule has 0 aliphatic carbocycles. The number of hydrogen-bond donors (Lipinski definition) is 1. The summed E-state index contributed by atoms with van der Waals surface area (Å²) in [5.41, 5.74) is 1.07. The van der Waals surface area contributed by atoms with Gasteiger partial charge in [-0.2, -0.15) is 0 Å². The lowest BCUT2D eigenvalue weighted by Gasteiger charge is -2.12. The Bertz CT molecular complexity index is 1120. The first-order valence-corrected chi connectivity index (χ1v) is 10.6. The third-order valence-corrected chi connectivity index (χ3v) is 5.67. The van der Waals surface area contributed by atoms with E-state index in [2.05, 4.69) is 26.2 Å². The number of methoxy groups -OCH3 is 2. The lowest BCUT2D eigenvalue weighted by atomic mass is 10.2. The summed E-state index contributed by atoms with van der Waals surface area (Å²) in [6, 6.07) is 10.5. The molecule has 3 aromatic rings. The van der Waals surface area contributed by atoms with Crippen molar-refractivity contribution in [3.05, 3.63) is 51.2 Å². The van der Waals surface area contributed by atoms with Gasteiger partial charge in [0.2, 0.25) is 5.91 Å². The van der Waals surface area contributed by atoms with Gasteiger partial charge < -0.3 is 14.8 Å². The number of aromatic nitrogens is 2. The topological polar surface area (TPSA) is 82.5 Å². The minimum absolute atomic E-state index is 0.114. The predicted molar refractivity (Wildman–Crippen MR) is 118 cm³/mol. The molecule has 3 rings (SSSR count). The molecule has 0 saturated heterocycles. The second kappa shape index (κ2) is 9.32. The zero-order valence-electron chi connectivity index (χ0n) is 16.2. The van der Waals surface area contributed by atoms with Gasteiger partial charge in [-0.3, -0.25) is 14.2 Å². The third kappa shape index (κ3) is 4.73. The zero-order chi connectivity index (χ0) is 21.0. The molecule has 0 saturated carbocycles. The first-order valence-electron chi connectivity index (χ1n) is 8.81. The van der Waals surface area contributed by atoms with Gasteiger partial charge in [0.1, 0.15) is 0 Å². The number of carbonyl (C=O) groups excluding carboxylic acids is 1. The predicted octanol–water partition coefficient (Wildman–Crippen LogP) is 3.93. The Morgan fingerprint density at radius 1 is 1.17 bits per heavy atom. The van der Waals surface area contributed by atoms with E-state index < -0.39 is 0 Å². The monoisotopic (exact) mass is 477 g/mol. The fourth-order valence-electron chi connectivity index (χ4n) is 2.80. The minimum Gasteiger partial charge on any atom is -0.493 e. The Morgan fingerprint density at radius 2 is 1.93 bits per heavy atom. The number of anilines is 1. The largest absolute Gasteiger partial charge is 0.493 e. The number of nitrogens with zero attached hydrogens (tertiary/aromatic N) is 2. The molecule has 1 N–H and O–H groups in total. The van der Waals surface area contributed by atoms with Crippen molar-refractivity contribution < 1.29 is 14.3 Å². The lowest BCUT2D eigenvalue weighted by Crippen LogP contribution is -2.23. The number of hydrogen-bond acceptors (Lipinski definition) is 6. The summed E-state index contributed by atoms with van der Waals surface area (Å²) in [5.74, 6) is 1.01. The third-order valence-electron chi connectivity index (χ3n) is 4.20. The quantitative estimate of drug-likeness (QED) is 0.410. The van der Waals surface area contributed by atoms with E-state index in [-0.39, 0.29) is 17.2 Å². The van der Waals surface area contributed by atoms with Gasteiger partial charge in [0.05, 0.1) is 30.9 Å². The highest BCUT2D eigenvalue weighted by atomic mass is 79.9. The van der Waals surface area contributed by atoms with E-state index in [0.29, 0.717) is 39.8 Å². The number of rotatable bonds is 7. The van der Waals surface area contributed by atoms with Gasteiger partial charge >= 0.3 is 0 Å². The Hall–Kier alpha value is -2.52. The summed E-state index contributed by atoms with van der Waals surface area (Å²) in [6.07, 6.45) is 0. The highest BCUT2D eigenvalue weighted by Gasteiger charge is 2.13. The number of ether oxygens (including phenoxy) is 2. The Balaban J connectivity index is 1.77. The summed E-state index contributed by atoms with van der Waals surface area (Å²) in [4.78, 5) is 29.7. The van der Waals surface area contributed by atoms with Crippen LogP contribution in [-0.4, -0.2) is 35.4 Å². The molecular formula is C20H20BrN3O4S. The fraction of sp³-hybridized carbons (Fsp3) is 0.250. The molecule has 0 aliphatic rings. The molecule has 0 unspecified atom stereocenters. The average molecular weight is 478 g/mol. The van der Waals surface area contributed by atoms with Gasteiger partial charge in [-0.1, -0.05) is 27.7 Å². The second-order valence-electron chi connectivity index (χ2n) is 6.01. The number of nitrogens with one attached hydrogen (secondary N) is 1. The molecule has 7 nitrogen and oxygen atoms in total. The maximum Gasteiger partial charge on any atom is 0.262 e. The molecule has 0 aliphatic heterocycles. The van der Waals surface area contributed by atoms with Gasteiger partial charge in [0, 0.05) is 22.8 Å². The molecule has 152 valence electrons. The van der Waals surface area contributed by atoms with Crippen LogP contribution in [0.2, 0.25) is 0 Å². The summed E-state index contributed by atoms with van der Waals surface area (Å²) in [6.45, 7) is 2.34. The molecule has 9 heteroatoms. The summed E-state index contributed by atoms with van der Waals surface area (Å²) in [7, 11) is 3.09. The van der Waals surface area contributed by atoms with E-state index in [9.17, 15) is 9.59 Å². The van der Waals surface area contributed by atoms with E-state index >= 15 is 0 Å². The molecule has 2 aromatic carbocycles. The van der Waals surface area contributed by atoms with Crippen LogP contribution in [-0.2, 0) is 11.3 Å². The van der Waals surface area contributed by atoms with Crippen molar-refractivity contribution in [2.75, 3.05) is 25.3 Å². The number of amides is 1. The van der Waals surface area contributed by atoms with Gasteiger partial charge in [0.25, 0.3) is 5.56 Å². The van der Waals surface area contributed by atoms with Gasteiger partial charge in [-0.25, -0.2) is 4.98 Å². The molecule has 0 fully saturated rings. The normalized spacial score (nSPS) is 10.8. The van der Waals surface area contributed by atoms with Crippen molar-refractivity contribution in [1.29, 1.82) is 0 Å². The van der Waals surface area contributed by atoms with Crippen molar-refractivity contribution in [3.8, 4) is 11.5 Å².